The first-order chi connectivity index (χ1) is 14.6. The summed E-state index contributed by atoms with van der Waals surface area (Å²) in [4.78, 5) is 24.6. The third kappa shape index (κ3) is 2.97. The second-order valence-corrected chi connectivity index (χ2v) is 6.98. The Morgan fingerprint density at radius 3 is 2.38 bits per heavy atom. The highest BCUT2D eigenvalue weighted by Crippen LogP contribution is 2.20. The molecule has 142 valence electrons. The minimum atomic E-state index is -0.209. The van der Waals surface area contributed by atoms with Gasteiger partial charge in [-0.15, -0.1) is 0 Å². The average molecular weight is 381 g/mol. The number of H-pyrrole nitrogens is 2. The van der Waals surface area contributed by atoms with Gasteiger partial charge >= 0.3 is 0 Å². The number of hydrogen-bond acceptors (Lipinski definition) is 2. The second kappa shape index (κ2) is 6.63. The predicted molar refractivity (Wildman–Crippen MR) is 121 cm³/mol. The molecule has 0 spiro atoms. The van der Waals surface area contributed by atoms with Crippen molar-refractivity contribution in [3.8, 4) is 0 Å². The second-order valence-electron chi connectivity index (χ2n) is 6.98. The standard InChI is InChI=1S/C24H20N4O/c1-3-15-11-21-14-20-8-7-17(26-20)12-16-5-6-18(25-16)13-19-9-10-22(27-19)24(29)23(15)28(21)4-2/h3,5-14,25-26H,1,4H2,2H3/i11D. The van der Waals surface area contributed by atoms with Crippen LogP contribution in [-0.2, 0) is 6.54 Å². The molecule has 5 nitrogen and oxygen atoms in total. The van der Waals surface area contributed by atoms with Crippen LogP contribution < -0.4 is 5.43 Å². The quantitative estimate of drug-likeness (QED) is 0.442. The van der Waals surface area contributed by atoms with E-state index < -0.39 is 0 Å². The molecule has 1 aliphatic rings. The van der Waals surface area contributed by atoms with Crippen molar-refractivity contribution in [2.24, 2.45) is 0 Å². The van der Waals surface area contributed by atoms with Crippen LogP contribution in [0, 0.1) is 0 Å². The van der Waals surface area contributed by atoms with Crippen LogP contribution in [0.4, 0.5) is 0 Å². The minimum absolute atomic E-state index is 0.209. The van der Waals surface area contributed by atoms with Crippen molar-refractivity contribution in [3.05, 3.63) is 82.3 Å². The summed E-state index contributed by atoms with van der Waals surface area (Å²) < 4.78 is 10.5. The van der Waals surface area contributed by atoms with E-state index in [0.717, 1.165) is 22.1 Å². The maximum absolute atomic E-state index is 13.4. The van der Waals surface area contributed by atoms with Crippen LogP contribution in [0.25, 0.3) is 51.3 Å². The lowest BCUT2D eigenvalue weighted by atomic mass is 10.2. The SMILES string of the molecule is [2H]c1c(C=C)c2c(=O)c3nc(cc4ccc(cc5ccc(cc1n2CC)[nH]5)[nH]4)C=C3. The Labute approximate surface area is 168 Å². The van der Waals surface area contributed by atoms with E-state index in [9.17, 15) is 4.79 Å². The molecule has 4 aromatic heterocycles. The average Bonchev–Trinajstić information content (AvgIpc) is 3.51. The summed E-state index contributed by atoms with van der Waals surface area (Å²) in [5.74, 6) is 0. The summed E-state index contributed by atoms with van der Waals surface area (Å²) >= 11 is 0. The lowest BCUT2D eigenvalue weighted by Crippen LogP contribution is -2.09. The van der Waals surface area contributed by atoms with Crippen molar-refractivity contribution in [3.63, 3.8) is 0 Å². The minimum Gasteiger partial charge on any atom is -0.355 e. The van der Waals surface area contributed by atoms with Gasteiger partial charge in [-0.05, 0) is 67.6 Å². The Kier molecular flexibility index (Phi) is 3.69. The van der Waals surface area contributed by atoms with E-state index >= 15 is 0 Å². The van der Waals surface area contributed by atoms with Crippen molar-refractivity contribution >= 4 is 51.3 Å². The van der Waals surface area contributed by atoms with Gasteiger partial charge in [0.05, 0.1) is 12.6 Å². The summed E-state index contributed by atoms with van der Waals surface area (Å²) in [5, 5.41) is 0. The molecule has 0 radical (unpaired) electrons. The van der Waals surface area contributed by atoms with Crippen molar-refractivity contribution in [2.75, 3.05) is 0 Å². The van der Waals surface area contributed by atoms with Crippen LogP contribution in [0.3, 0.4) is 0 Å². The first-order valence-electron chi connectivity index (χ1n) is 10.0. The normalized spacial score (nSPS) is 12.4. The lowest BCUT2D eigenvalue weighted by molar-refractivity contribution is 0.822. The first-order valence-corrected chi connectivity index (χ1v) is 9.53. The summed E-state index contributed by atoms with van der Waals surface area (Å²) in [6.07, 6.45) is 5.14. The van der Waals surface area contributed by atoms with Gasteiger partial charge in [-0.1, -0.05) is 12.7 Å². The zero-order chi connectivity index (χ0) is 20.8. The molecule has 0 aliphatic carbocycles. The zero-order valence-corrected chi connectivity index (χ0v) is 16.0. The van der Waals surface area contributed by atoms with Gasteiger partial charge in [0.15, 0.2) is 0 Å². The molecule has 2 N–H and O–H groups in total. The highest BCUT2D eigenvalue weighted by molar-refractivity contribution is 5.81. The largest absolute Gasteiger partial charge is 0.355 e. The molecule has 1 aliphatic heterocycles. The van der Waals surface area contributed by atoms with Crippen LogP contribution in [0.15, 0.2) is 59.9 Å². The van der Waals surface area contributed by atoms with Crippen molar-refractivity contribution in [1.82, 2.24) is 19.5 Å². The molecule has 0 unspecified atom stereocenters. The number of fused-ring (bicyclic) bond motifs is 8. The van der Waals surface area contributed by atoms with Gasteiger partial charge in [-0.25, -0.2) is 4.98 Å². The Hall–Kier alpha value is -3.86. The summed E-state index contributed by atoms with van der Waals surface area (Å²) in [6.45, 7) is 6.37. The molecule has 0 atom stereocenters. The van der Waals surface area contributed by atoms with Gasteiger partial charge in [-0.3, -0.25) is 4.79 Å². The van der Waals surface area contributed by atoms with Crippen molar-refractivity contribution in [1.29, 1.82) is 0 Å². The van der Waals surface area contributed by atoms with E-state index in [1.165, 1.54) is 0 Å². The molecule has 0 fully saturated rings. The topological polar surface area (TPSA) is 66.5 Å². The number of aryl methyl sites for hydroxylation is 1. The molecule has 0 saturated heterocycles. The molecule has 5 rings (SSSR count). The summed E-state index contributed by atoms with van der Waals surface area (Å²) in [5.41, 5.74) is 6.15. The van der Waals surface area contributed by atoms with Crippen LogP contribution in [0.1, 0.15) is 25.2 Å². The Morgan fingerprint density at radius 1 is 1.07 bits per heavy atom. The van der Waals surface area contributed by atoms with E-state index in [-0.39, 0.29) is 11.5 Å². The van der Waals surface area contributed by atoms with Gasteiger partial charge in [0.1, 0.15) is 5.69 Å². The fraction of sp³-hybridized carbons (Fsp3) is 0.0833. The van der Waals surface area contributed by atoms with Gasteiger partial charge in [-0.2, -0.15) is 0 Å². The van der Waals surface area contributed by atoms with E-state index in [0.29, 0.717) is 34.5 Å². The molecule has 0 aromatic carbocycles. The number of hydrogen-bond donors (Lipinski definition) is 2. The molecule has 5 heteroatoms. The lowest BCUT2D eigenvalue weighted by Gasteiger charge is -2.01. The summed E-state index contributed by atoms with van der Waals surface area (Å²) in [6, 6.07) is 14.0. The van der Waals surface area contributed by atoms with Crippen LogP contribution in [0.2, 0.25) is 0 Å². The highest BCUT2D eigenvalue weighted by Gasteiger charge is 2.11. The fourth-order valence-electron chi connectivity index (χ4n) is 3.74. The first kappa shape index (κ1) is 16.1. The van der Waals surface area contributed by atoms with Crippen molar-refractivity contribution < 1.29 is 1.37 Å². The van der Waals surface area contributed by atoms with Crippen LogP contribution >= 0.6 is 0 Å². The van der Waals surface area contributed by atoms with E-state index in [2.05, 4.69) is 21.5 Å². The Balaban J connectivity index is 2.03. The van der Waals surface area contributed by atoms with Gasteiger partial charge in [0.2, 0.25) is 5.43 Å². The maximum Gasteiger partial charge on any atom is 0.228 e. The smallest absolute Gasteiger partial charge is 0.228 e. The molecular weight excluding hydrogens is 360 g/mol. The fourth-order valence-corrected chi connectivity index (χ4v) is 3.74. The summed E-state index contributed by atoms with van der Waals surface area (Å²) in [7, 11) is 0. The third-order valence-corrected chi connectivity index (χ3v) is 5.08. The molecule has 0 amide bonds. The zero-order valence-electron chi connectivity index (χ0n) is 17.0. The number of nitrogens with zero attached hydrogens (tertiary/aromatic N) is 2. The Bertz CT molecular complexity index is 1530. The van der Waals surface area contributed by atoms with Crippen molar-refractivity contribution in [2.45, 2.75) is 13.5 Å². The molecule has 4 aromatic rings. The molecule has 5 heterocycles. The van der Waals surface area contributed by atoms with Gasteiger partial charge in [0.25, 0.3) is 0 Å². The van der Waals surface area contributed by atoms with E-state index in [1.807, 2.05) is 60.0 Å². The molecule has 8 bridgehead atoms. The highest BCUT2D eigenvalue weighted by atomic mass is 16.1. The van der Waals surface area contributed by atoms with Gasteiger partial charge < -0.3 is 14.5 Å². The van der Waals surface area contributed by atoms with Gasteiger partial charge in [0, 0.05) is 39.7 Å². The number of nitrogens with one attached hydrogen (secondary N) is 2. The Morgan fingerprint density at radius 2 is 1.72 bits per heavy atom. The molecular formula is C24H20N4O. The maximum atomic E-state index is 13.4. The number of aromatic amines is 2. The van der Waals surface area contributed by atoms with Crippen LogP contribution in [-0.4, -0.2) is 19.5 Å². The third-order valence-electron chi connectivity index (χ3n) is 5.08. The van der Waals surface area contributed by atoms with Crippen LogP contribution in [0.5, 0.6) is 0 Å². The van der Waals surface area contributed by atoms with E-state index in [4.69, 9.17) is 1.37 Å². The predicted octanol–water partition coefficient (Wildman–Crippen LogP) is 5.19. The molecule has 0 saturated carbocycles. The number of rotatable bonds is 2. The monoisotopic (exact) mass is 381 g/mol. The molecule has 29 heavy (non-hydrogen) atoms. The van der Waals surface area contributed by atoms with E-state index in [1.54, 1.807) is 12.2 Å². The number of aromatic nitrogens is 4.